The Balaban J connectivity index is -0.000000323. The first-order valence-corrected chi connectivity index (χ1v) is 7.32. The number of nitrogens with one attached hydrogen (secondary N) is 1. The fraction of sp³-hybridized carbons (Fsp3) is 0.500. The van der Waals surface area contributed by atoms with Gasteiger partial charge in [-0.25, -0.2) is 4.79 Å². The predicted molar refractivity (Wildman–Crippen MR) is 93.7 cm³/mol. The molecular formula is C16H34N2O4. The quantitative estimate of drug-likeness (QED) is 0.583. The van der Waals surface area contributed by atoms with Gasteiger partial charge in [0.05, 0.1) is 0 Å². The zero-order chi connectivity index (χ0) is 16.7. The Morgan fingerprint density at radius 2 is 1.86 bits per heavy atom. The summed E-state index contributed by atoms with van der Waals surface area (Å²) in [5.74, 6) is -1.76. The number of aliphatic hydroxyl groups excluding tert-OH is 1. The van der Waals surface area contributed by atoms with Crippen molar-refractivity contribution in [3.05, 3.63) is 35.9 Å². The summed E-state index contributed by atoms with van der Waals surface area (Å²) in [6.45, 7) is 3.72. The second-order valence-corrected chi connectivity index (χ2v) is 5.83. The summed E-state index contributed by atoms with van der Waals surface area (Å²) < 4.78 is 0. The lowest BCUT2D eigenvalue weighted by Gasteiger charge is -2.22. The molecular weight excluding hydrogens is 284 g/mol. The number of amides is 1. The number of hydrogen-bond acceptors (Lipinski definition) is 4. The maximum atomic E-state index is 12.0. The number of aliphatic carboxylic acids is 1. The number of carbonyl (C=O) groups is 2. The van der Waals surface area contributed by atoms with Crippen molar-refractivity contribution in [1.29, 1.82) is 0 Å². The zero-order valence-corrected chi connectivity index (χ0v) is 12.9. The highest BCUT2D eigenvalue weighted by molar-refractivity contribution is 5.86. The van der Waals surface area contributed by atoms with Crippen LogP contribution in [0.4, 0.5) is 0 Å². The van der Waals surface area contributed by atoms with E-state index in [0.717, 1.165) is 5.56 Å². The lowest BCUT2D eigenvalue weighted by molar-refractivity contribution is -0.144. The van der Waals surface area contributed by atoms with Gasteiger partial charge in [0.1, 0.15) is 12.1 Å². The van der Waals surface area contributed by atoms with E-state index in [9.17, 15) is 14.7 Å². The molecule has 0 aliphatic heterocycles. The molecule has 0 radical (unpaired) electrons. The van der Waals surface area contributed by atoms with Gasteiger partial charge in [0.2, 0.25) is 0 Å². The summed E-state index contributed by atoms with van der Waals surface area (Å²) >= 11 is 0. The smallest absolute Gasteiger partial charge is 0.326 e. The molecule has 0 bridgehead atoms. The SMILES string of the molecule is CC(C)C[C@H](NC(=O)[C@H](O)[C@H](N)Cc1ccccc1)C(=O)O.[HH].[HH].[HH].[HH].[HH]. The minimum atomic E-state index is -1.45. The van der Waals surface area contributed by atoms with Gasteiger partial charge in [0.25, 0.3) is 5.91 Å². The van der Waals surface area contributed by atoms with Crippen LogP contribution >= 0.6 is 0 Å². The van der Waals surface area contributed by atoms with Gasteiger partial charge in [0, 0.05) is 13.2 Å². The second kappa shape index (κ2) is 8.51. The van der Waals surface area contributed by atoms with Crippen LogP contribution in [0.25, 0.3) is 0 Å². The molecule has 0 saturated heterocycles. The molecule has 0 aliphatic rings. The topological polar surface area (TPSA) is 113 Å². The van der Waals surface area contributed by atoms with E-state index in [2.05, 4.69) is 5.32 Å². The Morgan fingerprint density at radius 1 is 1.27 bits per heavy atom. The van der Waals surface area contributed by atoms with Crippen molar-refractivity contribution in [2.45, 2.75) is 44.9 Å². The zero-order valence-electron chi connectivity index (χ0n) is 12.9. The molecule has 0 aliphatic carbocycles. The standard InChI is InChI=1S/C16H24N2O4.5H2/c1-10(2)8-13(16(21)22)18-15(20)14(19)12(17)9-11-6-4-3-5-7-11;;;;;/h3-7,10,12-14,19H,8-9,17H2,1-2H3,(H,18,20)(H,21,22);5*1H/t12-,13+,14-;;;;;/m1...../s1. The third kappa shape index (κ3) is 5.83. The van der Waals surface area contributed by atoms with Crippen molar-refractivity contribution in [3.8, 4) is 0 Å². The summed E-state index contributed by atoms with van der Waals surface area (Å²) in [5.41, 5.74) is 6.75. The molecule has 132 valence electrons. The minimum Gasteiger partial charge on any atom is -0.480 e. The van der Waals surface area contributed by atoms with Crippen molar-refractivity contribution in [1.82, 2.24) is 5.32 Å². The van der Waals surface area contributed by atoms with Crippen LogP contribution in [0.3, 0.4) is 0 Å². The molecule has 0 heterocycles. The Kier molecular flexibility index (Phi) is 7.01. The summed E-state index contributed by atoms with van der Waals surface area (Å²) in [5, 5.41) is 21.4. The number of carboxylic acids is 1. The van der Waals surface area contributed by atoms with Crippen LogP contribution in [0.2, 0.25) is 0 Å². The highest BCUT2D eigenvalue weighted by Crippen LogP contribution is 2.08. The van der Waals surface area contributed by atoms with Gasteiger partial charge < -0.3 is 21.3 Å². The maximum absolute atomic E-state index is 12.0. The fourth-order valence-corrected chi connectivity index (χ4v) is 2.14. The highest BCUT2D eigenvalue weighted by atomic mass is 16.4. The lowest BCUT2D eigenvalue weighted by atomic mass is 10.00. The third-order valence-corrected chi connectivity index (χ3v) is 3.31. The van der Waals surface area contributed by atoms with Crippen molar-refractivity contribution in [2.75, 3.05) is 0 Å². The van der Waals surface area contributed by atoms with E-state index >= 15 is 0 Å². The number of carbonyl (C=O) groups excluding carboxylic acids is 1. The van der Waals surface area contributed by atoms with E-state index in [-0.39, 0.29) is 13.1 Å². The van der Waals surface area contributed by atoms with Gasteiger partial charge in [-0.2, -0.15) is 0 Å². The van der Waals surface area contributed by atoms with Crippen LogP contribution in [-0.4, -0.2) is 40.3 Å². The van der Waals surface area contributed by atoms with Crippen molar-refractivity contribution < 1.29 is 26.9 Å². The van der Waals surface area contributed by atoms with Crippen LogP contribution in [0.1, 0.15) is 33.0 Å². The Bertz CT molecular complexity index is 509. The van der Waals surface area contributed by atoms with E-state index in [4.69, 9.17) is 10.8 Å². The normalized spacial score (nSPS) is 15.1. The van der Waals surface area contributed by atoms with Gasteiger partial charge >= 0.3 is 5.97 Å². The molecule has 0 aromatic heterocycles. The summed E-state index contributed by atoms with van der Waals surface area (Å²) in [6.07, 6.45) is -0.826. The molecule has 5 N–H and O–H groups in total. The van der Waals surface area contributed by atoms with E-state index in [1.807, 2.05) is 44.2 Å². The van der Waals surface area contributed by atoms with Crippen LogP contribution in [-0.2, 0) is 16.0 Å². The van der Waals surface area contributed by atoms with E-state index < -0.39 is 30.1 Å². The average Bonchev–Trinajstić information content (AvgIpc) is 2.46. The average molecular weight is 318 g/mol. The van der Waals surface area contributed by atoms with Crippen LogP contribution in [0.15, 0.2) is 30.3 Å². The number of aliphatic hydroxyl groups is 1. The van der Waals surface area contributed by atoms with Gasteiger partial charge in [-0.1, -0.05) is 44.2 Å². The predicted octanol–water partition coefficient (Wildman–Crippen LogP) is 1.76. The van der Waals surface area contributed by atoms with Gasteiger partial charge in [-0.3, -0.25) is 4.79 Å². The van der Waals surface area contributed by atoms with Crippen molar-refractivity contribution >= 4 is 11.9 Å². The minimum absolute atomic E-state index is 0. The Labute approximate surface area is 137 Å². The molecule has 22 heavy (non-hydrogen) atoms. The largest absolute Gasteiger partial charge is 0.480 e. The van der Waals surface area contributed by atoms with E-state index in [0.29, 0.717) is 12.8 Å². The molecule has 0 unspecified atom stereocenters. The third-order valence-electron chi connectivity index (χ3n) is 3.31. The van der Waals surface area contributed by atoms with Crippen molar-refractivity contribution in [2.24, 2.45) is 11.7 Å². The molecule has 6 heteroatoms. The van der Waals surface area contributed by atoms with Gasteiger partial charge in [-0.05, 0) is 24.3 Å². The monoisotopic (exact) mass is 318 g/mol. The van der Waals surface area contributed by atoms with E-state index in [1.165, 1.54) is 0 Å². The molecule has 0 spiro atoms. The molecule has 1 rings (SSSR count). The molecule has 6 nitrogen and oxygen atoms in total. The van der Waals surface area contributed by atoms with Crippen LogP contribution < -0.4 is 11.1 Å². The number of carboxylic acid groups (broad SMARTS) is 1. The Morgan fingerprint density at radius 3 is 2.36 bits per heavy atom. The Hall–Kier alpha value is -1.92. The number of hydrogen-bond donors (Lipinski definition) is 4. The summed E-state index contributed by atoms with van der Waals surface area (Å²) in [4.78, 5) is 23.1. The summed E-state index contributed by atoms with van der Waals surface area (Å²) in [7, 11) is 0. The maximum Gasteiger partial charge on any atom is 0.326 e. The highest BCUT2D eigenvalue weighted by Gasteiger charge is 2.28. The van der Waals surface area contributed by atoms with Gasteiger partial charge in [-0.15, -0.1) is 0 Å². The van der Waals surface area contributed by atoms with Crippen molar-refractivity contribution in [3.63, 3.8) is 0 Å². The van der Waals surface area contributed by atoms with Crippen LogP contribution in [0, 0.1) is 5.92 Å². The molecule has 1 aromatic rings. The molecule has 3 atom stereocenters. The number of benzene rings is 1. The molecule has 1 amide bonds. The lowest BCUT2D eigenvalue weighted by Crippen LogP contribution is -2.52. The first-order chi connectivity index (χ1) is 10.3. The van der Waals surface area contributed by atoms with E-state index in [1.54, 1.807) is 0 Å². The van der Waals surface area contributed by atoms with Crippen LogP contribution in [0.5, 0.6) is 0 Å². The molecule has 0 saturated carbocycles. The number of nitrogens with two attached hydrogens (primary N) is 1. The second-order valence-electron chi connectivity index (χ2n) is 5.83. The molecule has 0 fully saturated rings. The summed E-state index contributed by atoms with van der Waals surface area (Å²) in [6, 6.07) is 7.44. The first-order valence-electron chi connectivity index (χ1n) is 7.32. The molecule has 1 aromatic carbocycles. The fourth-order valence-electron chi connectivity index (χ4n) is 2.14. The number of rotatable bonds is 8. The van der Waals surface area contributed by atoms with Gasteiger partial charge in [0.15, 0.2) is 0 Å². The first kappa shape index (κ1) is 18.1.